The zero-order valence-electron chi connectivity index (χ0n) is 13.8. The minimum atomic E-state index is -0.502. The van der Waals surface area contributed by atoms with E-state index in [1.165, 1.54) is 0 Å². The zero-order chi connectivity index (χ0) is 20.3. The highest BCUT2D eigenvalue weighted by Crippen LogP contribution is 2.54. The highest BCUT2D eigenvalue weighted by Gasteiger charge is 2.25. The zero-order valence-corrected chi connectivity index (χ0v) is 18.4. The van der Waals surface area contributed by atoms with E-state index >= 15 is 0 Å². The molecule has 4 nitrogen and oxygen atoms in total. The average molecular weight is 545 g/mol. The van der Waals surface area contributed by atoms with Crippen molar-refractivity contribution in [3.8, 4) is 34.1 Å². The van der Waals surface area contributed by atoms with E-state index in [2.05, 4.69) is 31.9 Å². The van der Waals surface area contributed by atoms with Crippen molar-refractivity contribution in [1.29, 1.82) is 0 Å². The van der Waals surface area contributed by atoms with E-state index < -0.39 is 11.5 Å². The fraction of sp³-hybridized carbons (Fsp3) is 0. The number of halogens is 4. The van der Waals surface area contributed by atoms with Crippen LogP contribution in [0.15, 0.2) is 45.3 Å². The van der Waals surface area contributed by atoms with Gasteiger partial charge in [-0.3, -0.25) is 0 Å². The third-order valence-corrected chi connectivity index (χ3v) is 6.29. The monoisotopic (exact) mass is 542 g/mol. The number of phenolic OH excluding ortho intramolecular Hbond substituents is 4. The van der Waals surface area contributed by atoms with Gasteiger partial charge in [-0.1, -0.05) is 55.1 Å². The third-order valence-electron chi connectivity index (χ3n) is 4.57. The molecule has 4 aromatic rings. The molecule has 4 rings (SSSR count). The summed E-state index contributed by atoms with van der Waals surface area (Å²) >= 11 is 19.6. The molecule has 0 spiro atoms. The number of phenols is 4. The molecule has 0 aliphatic carbocycles. The number of fused-ring (bicyclic) bond motifs is 2. The molecule has 0 saturated carbocycles. The van der Waals surface area contributed by atoms with Gasteiger partial charge in [0.15, 0.2) is 23.0 Å². The Hall–Kier alpha value is -1.86. The van der Waals surface area contributed by atoms with Crippen LogP contribution in [0.4, 0.5) is 0 Å². The topological polar surface area (TPSA) is 80.9 Å². The maximum atomic E-state index is 10.4. The summed E-state index contributed by atoms with van der Waals surface area (Å²) in [4.78, 5) is 0. The minimum absolute atomic E-state index is 0.128. The predicted molar refractivity (Wildman–Crippen MR) is 119 cm³/mol. The normalized spacial score (nSPS) is 11.4. The average Bonchev–Trinajstić information content (AvgIpc) is 2.66. The number of benzene rings is 4. The largest absolute Gasteiger partial charge is 0.504 e. The molecule has 0 amide bonds. The Bertz CT molecular complexity index is 1200. The molecule has 0 aliphatic heterocycles. The molecule has 0 fully saturated rings. The van der Waals surface area contributed by atoms with E-state index in [9.17, 15) is 20.4 Å². The van der Waals surface area contributed by atoms with Gasteiger partial charge in [0.25, 0.3) is 0 Å². The van der Waals surface area contributed by atoms with E-state index in [0.717, 1.165) is 0 Å². The van der Waals surface area contributed by atoms with Crippen molar-refractivity contribution >= 4 is 76.6 Å². The van der Waals surface area contributed by atoms with Crippen LogP contribution in [0.25, 0.3) is 32.7 Å². The standard InChI is InChI=1S/C20H10Br2Cl2O4/c21-7-1-3-9-11(5-7)13(15(23)19(27)17(9)25)14-12-6-8(22)2-4-10(12)18(26)20(28)16(14)24/h1-6,25-28H. The van der Waals surface area contributed by atoms with Crippen molar-refractivity contribution in [2.24, 2.45) is 0 Å². The van der Waals surface area contributed by atoms with Gasteiger partial charge in [0.05, 0.1) is 10.0 Å². The van der Waals surface area contributed by atoms with Crippen LogP contribution in [-0.2, 0) is 0 Å². The first-order valence-electron chi connectivity index (χ1n) is 7.88. The Kier molecular flexibility index (Phi) is 4.78. The molecule has 0 bridgehead atoms. The molecule has 0 heterocycles. The van der Waals surface area contributed by atoms with Gasteiger partial charge in [-0.05, 0) is 47.2 Å². The Morgan fingerprint density at radius 3 is 1.25 bits per heavy atom. The summed E-state index contributed by atoms with van der Waals surface area (Å²) in [5, 5.41) is 42.9. The summed E-state index contributed by atoms with van der Waals surface area (Å²) in [6.07, 6.45) is 0. The molecule has 142 valence electrons. The number of hydrogen-bond acceptors (Lipinski definition) is 4. The van der Waals surface area contributed by atoms with E-state index in [1.807, 2.05) is 0 Å². The lowest BCUT2D eigenvalue weighted by atomic mass is 9.92. The molecule has 4 N–H and O–H groups in total. The van der Waals surface area contributed by atoms with Crippen molar-refractivity contribution in [2.75, 3.05) is 0 Å². The summed E-state index contributed by atoms with van der Waals surface area (Å²) in [5.74, 6) is -1.72. The third kappa shape index (κ3) is 2.78. The highest BCUT2D eigenvalue weighted by molar-refractivity contribution is 9.10. The molecular formula is C20H10Br2Cl2O4. The van der Waals surface area contributed by atoms with Gasteiger partial charge in [-0.2, -0.15) is 0 Å². The lowest BCUT2D eigenvalue weighted by molar-refractivity contribution is 0.408. The lowest BCUT2D eigenvalue weighted by Crippen LogP contribution is -1.91. The van der Waals surface area contributed by atoms with Crippen molar-refractivity contribution in [1.82, 2.24) is 0 Å². The van der Waals surface area contributed by atoms with Crippen molar-refractivity contribution in [2.45, 2.75) is 0 Å². The molecule has 0 unspecified atom stereocenters. The first-order valence-corrected chi connectivity index (χ1v) is 10.2. The van der Waals surface area contributed by atoms with Crippen LogP contribution in [-0.4, -0.2) is 20.4 Å². The summed E-state index contributed by atoms with van der Waals surface area (Å²) in [5.41, 5.74) is 0.633. The van der Waals surface area contributed by atoms with Gasteiger partial charge < -0.3 is 20.4 Å². The minimum Gasteiger partial charge on any atom is -0.504 e. The number of aromatic hydroxyl groups is 4. The maximum Gasteiger partial charge on any atom is 0.177 e. The smallest absolute Gasteiger partial charge is 0.177 e. The van der Waals surface area contributed by atoms with Gasteiger partial charge in [0.1, 0.15) is 0 Å². The quantitative estimate of drug-likeness (QED) is 0.189. The summed E-state index contributed by atoms with van der Waals surface area (Å²) in [7, 11) is 0. The van der Waals surface area contributed by atoms with Gasteiger partial charge in [0.2, 0.25) is 0 Å². The fourth-order valence-corrected chi connectivity index (χ4v) is 4.58. The van der Waals surface area contributed by atoms with Crippen molar-refractivity contribution in [3.05, 3.63) is 55.4 Å². The van der Waals surface area contributed by atoms with Gasteiger partial charge >= 0.3 is 0 Å². The summed E-state index contributed by atoms with van der Waals surface area (Å²) < 4.78 is 1.43. The second-order valence-corrected chi connectivity index (χ2v) is 8.74. The molecule has 0 aliphatic rings. The number of rotatable bonds is 1. The van der Waals surface area contributed by atoms with Crippen molar-refractivity contribution < 1.29 is 20.4 Å². The Balaban J connectivity index is 2.32. The Labute approximate surface area is 185 Å². The second-order valence-electron chi connectivity index (χ2n) is 6.15. The fourth-order valence-electron chi connectivity index (χ4n) is 3.28. The number of hydrogen-bond donors (Lipinski definition) is 4. The SMILES string of the molecule is Oc1c(Cl)c(-c2c(Cl)c(O)c(O)c3ccc(Br)cc23)c2cc(Br)ccc2c1O. The predicted octanol–water partition coefficient (Wildman–Crippen LogP) is 7.31. The van der Waals surface area contributed by atoms with E-state index in [1.54, 1.807) is 36.4 Å². The molecule has 4 aromatic carbocycles. The maximum absolute atomic E-state index is 10.4. The van der Waals surface area contributed by atoms with Crippen LogP contribution in [0.5, 0.6) is 23.0 Å². The lowest BCUT2D eigenvalue weighted by Gasteiger charge is -2.18. The van der Waals surface area contributed by atoms with Gasteiger partial charge in [-0.15, -0.1) is 0 Å². The van der Waals surface area contributed by atoms with Crippen LogP contribution in [0, 0.1) is 0 Å². The van der Waals surface area contributed by atoms with Crippen molar-refractivity contribution in [3.63, 3.8) is 0 Å². The molecular weight excluding hydrogens is 535 g/mol. The first-order chi connectivity index (χ1) is 13.2. The van der Waals surface area contributed by atoms with Crippen LogP contribution < -0.4 is 0 Å². The summed E-state index contributed by atoms with van der Waals surface area (Å²) in [6, 6.07) is 10.1. The van der Waals surface area contributed by atoms with Crippen LogP contribution in [0.3, 0.4) is 0 Å². The Morgan fingerprint density at radius 1 is 0.536 bits per heavy atom. The Morgan fingerprint density at radius 2 is 0.893 bits per heavy atom. The van der Waals surface area contributed by atoms with Crippen LogP contribution in [0.1, 0.15) is 0 Å². The molecule has 0 aromatic heterocycles. The molecule has 0 radical (unpaired) electrons. The summed E-state index contributed by atoms with van der Waals surface area (Å²) in [6.45, 7) is 0. The van der Waals surface area contributed by atoms with E-state index in [0.29, 0.717) is 41.6 Å². The molecule has 8 heteroatoms. The van der Waals surface area contributed by atoms with E-state index in [-0.39, 0.29) is 21.5 Å². The van der Waals surface area contributed by atoms with Gasteiger partial charge in [-0.25, -0.2) is 0 Å². The van der Waals surface area contributed by atoms with Gasteiger partial charge in [0, 0.05) is 30.8 Å². The highest BCUT2D eigenvalue weighted by atomic mass is 79.9. The molecule has 28 heavy (non-hydrogen) atoms. The first kappa shape index (κ1) is 19.5. The second kappa shape index (κ2) is 6.88. The van der Waals surface area contributed by atoms with Crippen LogP contribution >= 0.6 is 55.1 Å². The molecule has 0 atom stereocenters. The molecule has 0 saturated heterocycles. The van der Waals surface area contributed by atoms with Crippen LogP contribution in [0.2, 0.25) is 10.0 Å². The van der Waals surface area contributed by atoms with E-state index in [4.69, 9.17) is 23.2 Å².